The van der Waals surface area contributed by atoms with Gasteiger partial charge in [0.05, 0.1) is 19.1 Å². The van der Waals surface area contributed by atoms with Crippen LogP contribution in [0.5, 0.6) is 0 Å². The summed E-state index contributed by atoms with van der Waals surface area (Å²) in [6, 6.07) is -0.917. The average Bonchev–Trinajstić information content (AvgIpc) is 3.18. The Morgan fingerprint density at radius 3 is 2.59 bits per heavy atom. The van der Waals surface area contributed by atoms with Crippen molar-refractivity contribution in [1.82, 2.24) is 9.80 Å². The fourth-order valence-electron chi connectivity index (χ4n) is 6.19. The van der Waals surface area contributed by atoms with Crippen LogP contribution in [-0.2, 0) is 23.9 Å². The van der Waals surface area contributed by atoms with Crippen molar-refractivity contribution >= 4 is 17.8 Å². The molecule has 0 saturated carbocycles. The molecule has 4 aliphatic heterocycles. The second-order valence-corrected chi connectivity index (χ2v) is 9.84. The molecule has 2 amide bonds. The number of esters is 1. The molecule has 0 radical (unpaired) electrons. The van der Waals surface area contributed by atoms with E-state index in [2.05, 4.69) is 6.92 Å². The average molecular weight is 475 g/mol. The molecule has 0 aliphatic carbocycles. The van der Waals surface area contributed by atoms with Crippen LogP contribution in [0.2, 0.25) is 0 Å². The highest BCUT2D eigenvalue weighted by atomic mass is 16.6. The third-order valence-corrected chi connectivity index (χ3v) is 7.84. The molecule has 0 aromatic rings. The Morgan fingerprint density at radius 2 is 1.85 bits per heavy atom. The summed E-state index contributed by atoms with van der Waals surface area (Å²) in [5.74, 6) is -2.68. The molecule has 1 unspecified atom stereocenters. The first-order valence-corrected chi connectivity index (χ1v) is 12.9. The molecule has 0 aromatic heterocycles. The van der Waals surface area contributed by atoms with E-state index in [1.54, 1.807) is 4.90 Å². The highest BCUT2D eigenvalue weighted by molar-refractivity contribution is 5.99. The predicted molar refractivity (Wildman–Crippen MR) is 126 cm³/mol. The van der Waals surface area contributed by atoms with Gasteiger partial charge < -0.3 is 24.4 Å². The highest BCUT2D eigenvalue weighted by Crippen LogP contribution is 2.58. The van der Waals surface area contributed by atoms with Gasteiger partial charge in [0, 0.05) is 19.6 Å². The second-order valence-electron chi connectivity index (χ2n) is 9.84. The van der Waals surface area contributed by atoms with Crippen LogP contribution in [0.4, 0.5) is 0 Å². The van der Waals surface area contributed by atoms with Crippen LogP contribution in [0, 0.1) is 11.8 Å². The number of cyclic esters (lactones) is 1. The maximum absolute atomic E-state index is 13.9. The zero-order valence-corrected chi connectivity index (χ0v) is 20.4. The fourth-order valence-corrected chi connectivity index (χ4v) is 6.19. The molecule has 8 nitrogen and oxygen atoms in total. The number of carbonyl (C=O) groups excluding carboxylic acids is 3. The van der Waals surface area contributed by atoms with Crippen LogP contribution >= 0.6 is 0 Å². The minimum Gasteiger partial charge on any atom is -0.465 e. The Kier molecular flexibility index (Phi) is 7.48. The number of aliphatic hydroxyl groups is 1. The molecule has 1 N–H and O–H groups in total. The predicted octanol–water partition coefficient (Wildman–Crippen LogP) is 2.21. The molecule has 8 heteroatoms. The van der Waals surface area contributed by atoms with Crippen LogP contribution in [0.25, 0.3) is 0 Å². The number of likely N-dealkylation sites (tertiary alicyclic amines) is 1. The number of allylic oxidation sites excluding steroid dienone is 1. The SMILES string of the molecule is CCCCCN1CC=C[C@]23O[C@]4(CC)/C=C\CCCCOC(=O)[C@@H]4[C@H]2C(=O)N(CCO)C3C1=O. The first-order chi connectivity index (χ1) is 16.5. The van der Waals surface area contributed by atoms with E-state index in [9.17, 15) is 19.5 Å². The summed E-state index contributed by atoms with van der Waals surface area (Å²) in [4.78, 5) is 44.4. The molecule has 1 spiro atoms. The lowest BCUT2D eigenvalue weighted by atomic mass is 9.73. The number of unbranched alkanes of at least 4 members (excludes halogenated alkanes) is 2. The monoisotopic (exact) mass is 474 g/mol. The van der Waals surface area contributed by atoms with Gasteiger partial charge in [-0.15, -0.1) is 0 Å². The number of fused-ring (bicyclic) bond motifs is 2. The maximum Gasteiger partial charge on any atom is 0.313 e. The molecule has 4 aliphatic rings. The maximum atomic E-state index is 13.9. The topological polar surface area (TPSA) is 96.4 Å². The van der Waals surface area contributed by atoms with Crippen molar-refractivity contribution in [2.75, 3.05) is 32.8 Å². The number of carbonyl (C=O) groups is 3. The van der Waals surface area contributed by atoms with Crippen LogP contribution in [0.15, 0.2) is 24.3 Å². The van der Waals surface area contributed by atoms with Crippen LogP contribution < -0.4 is 0 Å². The van der Waals surface area contributed by atoms with Gasteiger partial charge in [0.2, 0.25) is 11.8 Å². The number of aliphatic hydroxyl groups excluding tert-OH is 1. The van der Waals surface area contributed by atoms with Gasteiger partial charge >= 0.3 is 5.97 Å². The molecule has 34 heavy (non-hydrogen) atoms. The Balaban J connectivity index is 1.81. The minimum absolute atomic E-state index is 0.0181. The van der Waals surface area contributed by atoms with Crippen molar-refractivity contribution < 1.29 is 29.0 Å². The van der Waals surface area contributed by atoms with E-state index >= 15 is 0 Å². The highest BCUT2D eigenvalue weighted by Gasteiger charge is 2.75. The Bertz CT molecular complexity index is 856. The number of rotatable bonds is 7. The standard InChI is InChI=1S/C26H38N2O6/c1-3-5-9-14-27-15-11-13-26-19(22(30)28(16-17-29)21(26)23(27)31)20-24(32)33-18-10-7-6-8-12-25(20,4-2)34-26/h8,11-13,19-21,29H,3-7,9-10,14-18H2,1-2H3/b12-8-/t19-,20-,21?,25+,26-/m0/s1. The molecule has 0 bridgehead atoms. The lowest BCUT2D eigenvalue weighted by Crippen LogP contribution is -2.56. The summed E-state index contributed by atoms with van der Waals surface area (Å²) in [6.45, 7) is 5.14. The zero-order chi connectivity index (χ0) is 24.3. The molecule has 4 heterocycles. The summed E-state index contributed by atoms with van der Waals surface area (Å²) in [5, 5.41) is 9.74. The second kappa shape index (κ2) is 10.2. The fraction of sp³-hybridized carbons (Fsp3) is 0.731. The van der Waals surface area contributed by atoms with E-state index in [-0.39, 0.29) is 25.0 Å². The van der Waals surface area contributed by atoms with Gasteiger partial charge in [-0.25, -0.2) is 0 Å². The van der Waals surface area contributed by atoms with Gasteiger partial charge in [-0.3, -0.25) is 14.4 Å². The molecule has 4 rings (SSSR count). The largest absolute Gasteiger partial charge is 0.465 e. The summed E-state index contributed by atoms with van der Waals surface area (Å²) in [7, 11) is 0. The number of hydrogen-bond acceptors (Lipinski definition) is 6. The van der Waals surface area contributed by atoms with Gasteiger partial charge in [-0.1, -0.05) is 51.0 Å². The van der Waals surface area contributed by atoms with E-state index < -0.39 is 35.0 Å². The van der Waals surface area contributed by atoms with E-state index in [4.69, 9.17) is 9.47 Å². The molecule has 0 aromatic carbocycles. The first kappa shape index (κ1) is 24.9. The van der Waals surface area contributed by atoms with Gasteiger partial charge in [-0.2, -0.15) is 0 Å². The molecular formula is C26H38N2O6. The number of amides is 2. The Labute approximate surface area is 201 Å². The van der Waals surface area contributed by atoms with Crippen molar-refractivity contribution in [2.24, 2.45) is 11.8 Å². The Hall–Kier alpha value is -2.19. The lowest BCUT2D eigenvalue weighted by molar-refractivity contribution is -0.161. The normalized spacial score (nSPS) is 36.6. The van der Waals surface area contributed by atoms with Gasteiger partial charge in [0.25, 0.3) is 0 Å². The van der Waals surface area contributed by atoms with Crippen LogP contribution in [0.1, 0.15) is 58.8 Å². The van der Waals surface area contributed by atoms with E-state index in [1.165, 1.54) is 4.90 Å². The number of β-amino-alcohol motifs (C(OH)–C–C–N with tert-alkyl or cyclic N) is 1. The smallest absolute Gasteiger partial charge is 0.313 e. The van der Waals surface area contributed by atoms with Crippen molar-refractivity contribution in [3.05, 3.63) is 24.3 Å². The van der Waals surface area contributed by atoms with Crippen molar-refractivity contribution in [3.63, 3.8) is 0 Å². The number of hydrogen-bond donors (Lipinski definition) is 1. The Morgan fingerprint density at radius 1 is 1.03 bits per heavy atom. The molecule has 188 valence electrons. The van der Waals surface area contributed by atoms with Crippen LogP contribution in [-0.4, -0.2) is 82.8 Å². The third-order valence-electron chi connectivity index (χ3n) is 7.84. The first-order valence-electron chi connectivity index (χ1n) is 12.9. The summed E-state index contributed by atoms with van der Waals surface area (Å²) < 4.78 is 12.5. The molecular weight excluding hydrogens is 436 g/mol. The number of ether oxygens (including phenoxy) is 2. The summed E-state index contributed by atoms with van der Waals surface area (Å²) in [5.41, 5.74) is -2.30. The third kappa shape index (κ3) is 3.98. The quantitative estimate of drug-likeness (QED) is 0.345. The molecule has 2 fully saturated rings. The number of nitrogens with zero attached hydrogens (tertiary/aromatic N) is 2. The minimum atomic E-state index is -1.28. The summed E-state index contributed by atoms with van der Waals surface area (Å²) in [6.07, 6.45) is 13.6. The zero-order valence-electron chi connectivity index (χ0n) is 20.4. The van der Waals surface area contributed by atoms with E-state index in [0.717, 1.165) is 38.5 Å². The summed E-state index contributed by atoms with van der Waals surface area (Å²) >= 11 is 0. The lowest BCUT2D eigenvalue weighted by Gasteiger charge is -2.38. The van der Waals surface area contributed by atoms with Crippen molar-refractivity contribution in [2.45, 2.75) is 76.0 Å². The van der Waals surface area contributed by atoms with Gasteiger partial charge in [-0.05, 0) is 32.1 Å². The van der Waals surface area contributed by atoms with Crippen LogP contribution in [0.3, 0.4) is 0 Å². The van der Waals surface area contributed by atoms with Gasteiger partial charge in [0.15, 0.2) is 0 Å². The van der Waals surface area contributed by atoms with Crippen molar-refractivity contribution in [3.8, 4) is 0 Å². The molecule has 2 saturated heterocycles. The van der Waals surface area contributed by atoms with E-state index in [1.807, 2.05) is 31.2 Å². The van der Waals surface area contributed by atoms with E-state index in [0.29, 0.717) is 26.1 Å². The van der Waals surface area contributed by atoms with Crippen molar-refractivity contribution in [1.29, 1.82) is 0 Å². The van der Waals surface area contributed by atoms with Gasteiger partial charge in [0.1, 0.15) is 23.2 Å². The molecule has 5 atom stereocenters.